The highest BCUT2D eigenvalue weighted by atomic mass is 35.5. The molecule has 1 aliphatic rings. The maximum atomic E-state index is 10.9. The minimum Gasteiger partial charge on any atom is -0.493 e. The number of halogens is 1. The summed E-state index contributed by atoms with van der Waals surface area (Å²) in [6.45, 7) is 4.13. The van der Waals surface area contributed by atoms with Crippen LogP contribution in [0.3, 0.4) is 0 Å². The monoisotopic (exact) mass is 485 g/mol. The molecule has 0 unspecified atom stereocenters. The zero-order chi connectivity index (χ0) is 23.8. The van der Waals surface area contributed by atoms with Gasteiger partial charge in [-0.1, -0.05) is 23.7 Å². The molecule has 34 heavy (non-hydrogen) atoms. The predicted molar refractivity (Wildman–Crippen MR) is 132 cm³/mol. The van der Waals surface area contributed by atoms with Gasteiger partial charge in [0.05, 0.1) is 20.0 Å². The van der Waals surface area contributed by atoms with E-state index in [9.17, 15) is 5.11 Å². The summed E-state index contributed by atoms with van der Waals surface area (Å²) >= 11 is 6.01. The zero-order valence-corrected chi connectivity index (χ0v) is 20.3. The third-order valence-corrected chi connectivity index (χ3v) is 6.34. The number of benzene rings is 2. The van der Waals surface area contributed by atoms with Gasteiger partial charge >= 0.3 is 0 Å². The summed E-state index contributed by atoms with van der Waals surface area (Å²) < 4.78 is 19.3. The van der Waals surface area contributed by atoms with Crippen molar-refractivity contribution in [3.05, 3.63) is 71.8 Å². The number of nitrogens with zero attached hydrogens (tertiary/aromatic N) is 3. The number of piperidine rings is 1. The average molecular weight is 486 g/mol. The van der Waals surface area contributed by atoms with E-state index in [2.05, 4.69) is 16.0 Å². The fourth-order valence-corrected chi connectivity index (χ4v) is 4.26. The first-order valence-corrected chi connectivity index (χ1v) is 12.0. The molecule has 0 aliphatic carbocycles. The van der Waals surface area contributed by atoms with Gasteiger partial charge in [-0.05, 0) is 55.2 Å². The molecule has 4 rings (SSSR count). The molecule has 2 aromatic carbocycles. The molecule has 0 atom stereocenters. The Morgan fingerprint density at radius 3 is 2.68 bits per heavy atom. The van der Waals surface area contributed by atoms with E-state index in [1.807, 2.05) is 41.4 Å². The van der Waals surface area contributed by atoms with Crippen molar-refractivity contribution in [2.45, 2.75) is 38.0 Å². The summed E-state index contributed by atoms with van der Waals surface area (Å²) in [5.41, 5.74) is 0.327. The Hall–Kier alpha value is -2.74. The van der Waals surface area contributed by atoms with Gasteiger partial charge in [-0.3, -0.25) is 4.90 Å². The molecule has 3 aromatic rings. The van der Waals surface area contributed by atoms with E-state index in [0.717, 1.165) is 49.7 Å². The van der Waals surface area contributed by atoms with Crippen molar-refractivity contribution < 1.29 is 19.3 Å². The Morgan fingerprint density at radius 2 is 1.94 bits per heavy atom. The Kier molecular flexibility index (Phi) is 8.32. The lowest BCUT2D eigenvalue weighted by atomic mass is 9.92. The molecular formula is C26H32ClN3O4. The van der Waals surface area contributed by atoms with Crippen LogP contribution < -0.4 is 14.2 Å². The normalized spacial score (nSPS) is 15.7. The number of aromatic nitrogens is 2. The van der Waals surface area contributed by atoms with Gasteiger partial charge in [0, 0.05) is 43.6 Å². The number of aliphatic hydroxyl groups is 1. The highest BCUT2D eigenvalue weighted by Crippen LogP contribution is 2.30. The first-order valence-electron chi connectivity index (χ1n) is 11.6. The van der Waals surface area contributed by atoms with Crippen molar-refractivity contribution in [2.24, 2.45) is 0 Å². The minimum absolute atomic E-state index is 0.266. The lowest BCUT2D eigenvalue weighted by Gasteiger charge is -2.38. The molecule has 1 saturated heterocycles. The SMILES string of the molecule is COc1cc(CN2CCC(O)(COc3cccc(Cl)c3)CC2)ccc1OCCCn1ccnc1. The van der Waals surface area contributed by atoms with E-state index in [0.29, 0.717) is 30.2 Å². The van der Waals surface area contributed by atoms with E-state index in [-0.39, 0.29) is 6.61 Å². The molecule has 1 N–H and O–H groups in total. The number of hydrogen-bond acceptors (Lipinski definition) is 6. The Balaban J connectivity index is 1.23. The predicted octanol–water partition coefficient (Wildman–Crippen LogP) is 4.42. The van der Waals surface area contributed by atoms with Crippen LogP contribution in [-0.4, -0.2) is 58.6 Å². The summed E-state index contributed by atoms with van der Waals surface area (Å²) in [5, 5.41) is 11.6. The van der Waals surface area contributed by atoms with Gasteiger partial charge in [-0.25, -0.2) is 4.98 Å². The Morgan fingerprint density at radius 1 is 1.09 bits per heavy atom. The van der Waals surface area contributed by atoms with E-state index >= 15 is 0 Å². The third kappa shape index (κ3) is 6.88. The fraction of sp³-hybridized carbons (Fsp3) is 0.423. The van der Waals surface area contributed by atoms with Crippen LogP contribution in [0, 0.1) is 0 Å². The smallest absolute Gasteiger partial charge is 0.161 e. The first kappa shape index (κ1) is 24.4. The second-order valence-electron chi connectivity index (χ2n) is 8.73. The molecule has 1 aliphatic heterocycles. The Labute approximate surface area is 205 Å². The minimum atomic E-state index is -0.828. The molecule has 0 radical (unpaired) electrons. The van der Waals surface area contributed by atoms with Crippen LogP contribution in [0.5, 0.6) is 17.2 Å². The summed E-state index contributed by atoms with van der Waals surface area (Å²) in [5.74, 6) is 2.17. The van der Waals surface area contributed by atoms with Crippen molar-refractivity contribution in [1.29, 1.82) is 0 Å². The number of aryl methyl sites for hydroxylation is 1. The molecule has 7 nitrogen and oxygen atoms in total. The number of hydrogen-bond donors (Lipinski definition) is 1. The summed E-state index contributed by atoms with van der Waals surface area (Å²) in [6, 6.07) is 13.4. The second-order valence-corrected chi connectivity index (χ2v) is 9.17. The maximum Gasteiger partial charge on any atom is 0.161 e. The highest BCUT2D eigenvalue weighted by molar-refractivity contribution is 6.30. The Bertz CT molecular complexity index is 1040. The second kappa shape index (κ2) is 11.6. The fourth-order valence-electron chi connectivity index (χ4n) is 4.08. The molecule has 182 valence electrons. The van der Waals surface area contributed by atoms with Gasteiger partial charge in [0.15, 0.2) is 11.5 Å². The van der Waals surface area contributed by atoms with E-state index in [1.165, 1.54) is 0 Å². The van der Waals surface area contributed by atoms with Gasteiger partial charge in [0.25, 0.3) is 0 Å². The van der Waals surface area contributed by atoms with Crippen molar-refractivity contribution in [2.75, 3.05) is 33.4 Å². The van der Waals surface area contributed by atoms with Crippen molar-refractivity contribution >= 4 is 11.6 Å². The standard InChI is InChI=1S/C26H32ClN3O4/c1-32-25-16-21(6-7-24(25)33-15-3-11-30-14-10-28-20-30)18-29-12-8-26(31,9-13-29)19-34-23-5-2-4-22(27)17-23/h2,4-7,10,14,16-17,20,31H,3,8-9,11-13,15,18-19H2,1H3. The number of ether oxygens (including phenoxy) is 3. The van der Waals surface area contributed by atoms with Crippen LogP contribution in [0.25, 0.3) is 0 Å². The quantitative estimate of drug-likeness (QED) is 0.405. The van der Waals surface area contributed by atoms with Gasteiger partial charge < -0.3 is 23.9 Å². The summed E-state index contributed by atoms with van der Waals surface area (Å²) in [7, 11) is 1.67. The molecule has 0 bridgehead atoms. The summed E-state index contributed by atoms with van der Waals surface area (Å²) in [6.07, 6.45) is 7.73. The lowest BCUT2D eigenvalue weighted by molar-refractivity contribution is -0.0537. The van der Waals surface area contributed by atoms with Gasteiger partial charge in [-0.15, -0.1) is 0 Å². The molecule has 8 heteroatoms. The third-order valence-electron chi connectivity index (χ3n) is 6.10. The van der Waals surface area contributed by atoms with Gasteiger partial charge in [0.2, 0.25) is 0 Å². The molecule has 0 saturated carbocycles. The number of rotatable bonds is 11. The maximum absolute atomic E-state index is 10.9. The van der Waals surface area contributed by atoms with Crippen LogP contribution in [0.4, 0.5) is 0 Å². The van der Waals surface area contributed by atoms with Crippen LogP contribution in [-0.2, 0) is 13.1 Å². The average Bonchev–Trinajstić information content (AvgIpc) is 3.36. The van der Waals surface area contributed by atoms with Crippen molar-refractivity contribution in [3.8, 4) is 17.2 Å². The van der Waals surface area contributed by atoms with Crippen LogP contribution in [0.1, 0.15) is 24.8 Å². The van der Waals surface area contributed by atoms with E-state index in [4.69, 9.17) is 25.8 Å². The van der Waals surface area contributed by atoms with Gasteiger partial charge in [-0.2, -0.15) is 0 Å². The lowest BCUT2D eigenvalue weighted by Crippen LogP contribution is -2.47. The van der Waals surface area contributed by atoms with E-state index in [1.54, 1.807) is 25.4 Å². The number of imidazole rings is 1. The molecule has 2 heterocycles. The molecule has 0 amide bonds. The van der Waals surface area contributed by atoms with Crippen molar-refractivity contribution in [3.63, 3.8) is 0 Å². The van der Waals surface area contributed by atoms with Crippen LogP contribution >= 0.6 is 11.6 Å². The largest absolute Gasteiger partial charge is 0.493 e. The number of methoxy groups -OCH3 is 1. The van der Waals surface area contributed by atoms with Crippen molar-refractivity contribution in [1.82, 2.24) is 14.5 Å². The molecule has 1 fully saturated rings. The molecule has 0 spiro atoms. The molecular weight excluding hydrogens is 454 g/mol. The van der Waals surface area contributed by atoms with E-state index < -0.39 is 5.60 Å². The highest BCUT2D eigenvalue weighted by Gasteiger charge is 2.33. The van der Waals surface area contributed by atoms with Gasteiger partial charge in [0.1, 0.15) is 18.0 Å². The first-order chi connectivity index (χ1) is 16.5. The summed E-state index contributed by atoms with van der Waals surface area (Å²) in [4.78, 5) is 6.39. The van der Waals surface area contributed by atoms with Crippen LogP contribution in [0.2, 0.25) is 5.02 Å². The van der Waals surface area contributed by atoms with Crippen LogP contribution in [0.15, 0.2) is 61.2 Å². The molecule has 1 aromatic heterocycles. The topological polar surface area (TPSA) is 69.0 Å². The number of likely N-dealkylation sites (tertiary alicyclic amines) is 1. The zero-order valence-electron chi connectivity index (χ0n) is 19.5.